The molecule has 0 unspecified atom stereocenters. The maximum Gasteiger partial charge on any atom is 0.315 e. The van der Waals surface area contributed by atoms with Gasteiger partial charge in [0.05, 0.1) is 15.5 Å². The van der Waals surface area contributed by atoms with Gasteiger partial charge in [0.1, 0.15) is 5.75 Å². The largest absolute Gasteiger partial charge is 0.350 e. The lowest BCUT2D eigenvalue weighted by atomic mass is 10.2. The van der Waals surface area contributed by atoms with Gasteiger partial charge in [-0.2, -0.15) is 4.98 Å². The third-order valence-corrected chi connectivity index (χ3v) is 6.13. The van der Waals surface area contributed by atoms with E-state index in [-0.39, 0.29) is 40.3 Å². The van der Waals surface area contributed by atoms with Crippen molar-refractivity contribution in [3.8, 4) is 0 Å². The molecule has 2 aromatic carbocycles. The number of carbonyl (C=O) groups is 2. The summed E-state index contributed by atoms with van der Waals surface area (Å²) in [5.41, 5.74) is 0.249. The minimum atomic E-state index is -3.67. The molecule has 0 spiro atoms. The highest BCUT2D eigenvalue weighted by Crippen LogP contribution is 2.20. The minimum absolute atomic E-state index is 0.0653. The fourth-order valence-electron chi connectivity index (χ4n) is 2.48. The number of rotatable bonds is 8. The molecule has 12 heteroatoms. The Bertz CT molecular complexity index is 1200. The molecule has 3 aromatic rings. The molecular weight excluding hydrogens is 467 g/mol. The molecule has 31 heavy (non-hydrogen) atoms. The zero-order valence-corrected chi connectivity index (χ0v) is 18.2. The van der Waals surface area contributed by atoms with Crippen molar-refractivity contribution >= 4 is 44.9 Å². The molecule has 2 N–H and O–H groups in total. The molecule has 0 saturated heterocycles. The molecular formula is C19H16Cl2N4O5S. The summed E-state index contributed by atoms with van der Waals surface area (Å²) in [6, 6.07) is 12.3. The third-order valence-electron chi connectivity index (χ3n) is 3.96. The van der Waals surface area contributed by atoms with Crippen molar-refractivity contribution in [1.82, 2.24) is 20.8 Å². The Labute approximate surface area is 187 Å². The second-order valence-corrected chi connectivity index (χ2v) is 9.06. The van der Waals surface area contributed by atoms with E-state index in [1.54, 1.807) is 18.2 Å². The van der Waals surface area contributed by atoms with E-state index in [4.69, 9.17) is 27.7 Å². The van der Waals surface area contributed by atoms with Crippen LogP contribution in [-0.2, 0) is 15.6 Å². The van der Waals surface area contributed by atoms with Crippen LogP contribution in [0, 0.1) is 0 Å². The van der Waals surface area contributed by atoms with E-state index in [1.165, 1.54) is 30.3 Å². The number of hydrogen-bond donors (Lipinski definition) is 2. The summed E-state index contributed by atoms with van der Waals surface area (Å²) < 4.78 is 29.5. The quantitative estimate of drug-likeness (QED) is 0.471. The average Bonchev–Trinajstić information content (AvgIpc) is 3.19. The normalized spacial score (nSPS) is 11.2. The van der Waals surface area contributed by atoms with E-state index < -0.39 is 27.4 Å². The van der Waals surface area contributed by atoms with Gasteiger partial charge >= 0.3 is 11.8 Å². The number of nitrogens with zero attached hydrogens (tertiary/aromatic N) is 2. The van der Waals surface area contributed by atoms with Gasteiger partial charge in [-0.05, 0) is 30.3 Å². The molecule has 162 valence electrons. The molecule has 0 atom stereocenters. The molecule has 2 amide bonds. The van der Waals surface area contributed by atoms with Crippen LogP contribution in [0.15, 0.2) is 57.9 Å². The number of benzene rings is 2. The zero-order chi connectivity index (χ0) is 22.4. The first kappa shape index (κ1) is 22.7. The van der Waals surface area contributed by atoms with Gasteiger partial charge in [-0.3, -0.25) is 9.59 Å². The lowest BCUT2D eigenvalue weighted by molar-refractivity contribution is 0.0898. The van der Waals surface area contributed by atoms with Gasteiger partial charge in [-0.15, -0.1) is 0 Å². The van der Waals surface area contributed by atoms with Crippen molar-refractivity contribution in [2.24, 2.45) is 0 Å². The van der Waals surface area contributed by atoms with Gasteiger partial charge in [-0.25, -0.2) is 8.42 Å². The molecule has 1 aromatic heterocycles. The summed E-state index contributed by atoms with van der Waals surface area (Å²) >= 11 is 11.8. The van der Waals surface area contributed by atoms with Crippen molar-refractivity contribution in [2.45, 2.75) is 10.6 Å². The summed E-state index contributed by atoms with van der Waals surface area (Å²) in [5, 5.41) is 9.23. The number of halogens is 2. The van der Waals surface area contributed by atoms with Crippen molar-refractivity contribution < 1.29 is 22.5 Å². The maximum atomic E-state index is 12.3. The Balaban J connectivity index is 1.49. The second kappa shape index (κ2) is 9.90. The first-order chi connectivity index (χ1) is 14.8. The SMILES string of the molecule is O=C(NCCNC(=O)c1ccc(Cl)cc1Cl)c1nc(CS(=O)(=O)c2ccccc2)no1. The van der Waals surface area contributed by atoms with E-state index in [0.717, 1.165) is 0 Å². The van der Waals surface area contributed by atoms with Gasteiger partial charge < -0.3 is 15.2 Å². The molecule has 1 heterocycles. The number of carbonyl (C=O) groups excluding carboxylic acids is 2. The highest BCUT2D eigenvalue weighted by molar-refractivity contribution is 7.90. The molecule has 0 aliphatic heterocycles. The fraction of sp³-hybridized carbons (Fsp3) is 0.158. The number of amides is 2. The Morgan fingerprint density at radius 3 is 2.32 bits per heavy atom. The van der Waals surface area contributed by atoms with Crippen LogP contribution >= 0.6 is 23.2 Å². The Kier molecular flexibility index (Phi) is 7.26. The zero-order valence-electron chi connectivity index (χ0n) is 15.8. The van der Waals surface area contributed by atoms with Gasteiger partial charge in [-0.1, -0.05) is 46.6 Å². The summed E-state index contributed by atoms with van der Waals surface area (Å²) in [4.78, 5) is 28.1. The average molecular weight is 483 g/mol. The van der Waals surface area contributed by atoms with E-state index in [2.05, 4.69) is 20.8 Å². The molecule has 0 aliphatic carbocycles. The standard InChI is InChI=1S/C19H16Cl2N4O5S/c20-12-6-7-14(15(21)10-12)17(26)22-8-9-23-18(27)19-24-16(25-30-19)11-31(28,29)13-4-2-1-3-5-13/h1-7,10H,8-9,11H2,(H,22,26)(H,23,27). The highest BCUT2D eigenvalue weighted by Gasteiger charge is 2.21. The first-order valence-corrected chi connectivity index (χ1v) is 11.3. The second-order valence-electron chi connectivity index (χ2n) is 6.22. The fourth-order valence-corrected chi connectivity index (χ4v) is 4.17. The first-order valence-electron chi connectivity index (χ1n) is 8.88. The van der Waals surface area contributed by atoms with Crippen molar-refractivity contribution in [3.05, 3.63) is 75.9 Å². The molecule has 0 bridgehead atoms. The smallest absolute Gasteiger partial charge is 0.315 e. The summed E-state index contributed by atoms with van der Waals surface area (Å²) in [7, 11) is -3.67. The van der Waals surface area contributed by atoms with Crippen LogP contribution in [0.3, 0.4) is 0 Å². The molecule has 0 aliphatic rings. The van der Waals surface area contributed by atoms with Crippen LogP contribution in [0.4, 0.5) is 0 Å². The Morgan fingerprint density at radius 1 is 0.968 bits per heavy atom. The number of nitrogens with one attached hydrogen (secondary N) is 2. The van der Waals surface area contributed by atoms with E-state index >= 15 is 0 Å². The molecule has 3 rings (SSSR count). The van der Waals surface area contributed by atoms with E-state index in [9.17, 15) is 18.0 Å². The van der Waals surface area contributed by atoms with Gasteiger partial charge in [0.25, 0.3) is 5.91 Å². The van der Waals surface area contributed by atoms with Gasteiger partial charge in [0.15, 0.2) is 15.7 Å². The molecule has 0 fully saturated rings. The van der Waals surface area contributed by atoms with Crippen LogP contribution in [0.5, 0.6) is 0 Å². The molecule has 0 saturated carbocycles. The number of hydrogen-bond acceptors (Lipinski definition) is 7. The van der Waals surface area contributed by atoms with Crippen LogP contribution < -0.4 is 10.6 Å². The topological polar surface area (TPSA) is 131 Å². The summed E-state index contributed by atoms with van der Waals surface area (Å²) in [6.45, 7) is 0.169. The van der Waals surface area contributed by atoms with Crippen molar-refractivity contribution in [3.63, 3.8) is 0 Å². The predicted octanol–water partition coefficient (Wildman–Crippen LogP) is 2.51. The predicted molar refractivity (Wildman–Crippen MR) is 113 cm³/mol. The monoisotopic (exact) mass is 482 g/mol. The van der Waals surface area contributed by atoms with Crippen molar-refractivity contribution in [2.75, 3.05) is 13.1 Å². The van der Waals surface area contributed by atoms with E-state index in [0.29, 0.717) is 5.02 Å². The van der Waals surface area contributed by atoms with Crippen LogP contribution in [-0.4, -0.2) is 43.5 Å². The molecule has 0 radical (unpaired) electrons. The van der Waals surface area contributed by atoms with Gasteiger partial charge in [0, 0.05) is 18.1 Å². The van der Waals surface area contributed by atoms with Gasteiger partial charge in [0.2, 0.25) is 0 Å². The van der Waals surface area contributed by atoms with Crippen LogP contribution in [0.2, 0.25) is 10.0 Å². The van der Waals surface area contributed by atoms with E-state index in [1.807, 2.05) is 0 Å². The highest BCUT2D eigenvalue weighted by atomic mass is 35.5. The maximum absolute atomic E-state index is 12.3. The van der Waals surface area contributed by atoms with Crippen LogP contribution in [0.1, 0.15) is 26.9 Å². The Hall–Kier alpha value is -2.95. The number of aromatic nitrogens is 2. The van der Waals surface area contributed by atoms with Crippen LogP contribution in [0.25, 0.3) is 0 Å². The Morgan fingerprint density at radius 2 is 1.65 bits per heavy atom. The minimum Gasteiger partial charge on any atom is -0.350 e. The molecule has 9 nitrogen and oxygen atoms in total. The third kappa shape index (κ3) is 6.03. The lowest BCUT2D eigenvalue weighted by Gasteiger charge is -2.07. The summed E-state index contributed by atoms with van der Waals surface area (Å²) in [6.07, 6.45) is 0. The van der Waals surface area contributed by atoms with Crippen molar-refractivity contribution in [1.29, 1.82) is 0 Å². The lowest BCUT2D eigenvalue weighted by Crippen LogP contribution is -2.35. The number of sulfone groups is 1. The summed E-state index contributed by atoms with van der Waals surface area (Å²) in [5.74, 6) is -2.16.